The van der Waals surface area contributed by atoms with E-state index < -0.39 is 0 Å². The van der Waals surface area contributed by atoms with Crippen molar-refractivity contribution >= 4 is 48.0 Å². The minimum atomic E-state index is 0. The minimum absolute atomic E-state index is 0. The van der Waals surface area contributed by atoms with Crippen molar-refractivity contribution in [1.82, 2.24) is 10.2 Å². The predicted molar refractivity (Wildman–Crippen MR) is 126 cm³/mol. The van der Waals surface area contributed by atoms with Crippen molar-refractivity contribution in [2.45, 2.75) is 44.9 Å². The number of likely N-dealkylation sites (tertiary alicyclic amines) is 1. The molecule has 2 saturated heterocycles. The molecule has 3 aliphatic rings. The van der Waals surface area contributed by atoms with Crippen molar-refractivity contribution in [3.05, 3.63) is 24.3 Å². The van der Waals surface area contributed by atoms with Crippen molar-refractivity contribution in [2.75, 3.05) is 43.4 Å². The van der Waals surface area contributed by atoms with Crippen molar-refractivity contribution in [3.63, 3.8) is 0 Å². The molecule has 0 aromatic heterocycles. The van der Waals surface area contributed by atoms with E-state index in [0.29, 0.717) is 6.54 Å². The van der Waals surface area contributed by atoms with Crippen molar-refractivity contribution < 1.29 is 9.59 Å². The number of benzene rings is 1. The molecule has 0 bridgehead atoms. The highest BCUT2D eigenvalue weighted by Gasteiger charge is 2.57. The first-order valence-corrected chi connectivity index (χ1v) is 10.8. The summed E-state index contributed by atoms with van der Waals surface area (Å²) in [7, 11) is 0. The first-order valence-electron chi connectivity index (χ1n) is 10.8. The van der Waals surface area contributed by atoms with Gasteiger partial charge in [0.1, 0.15) is 0 Å². The molecular weight excluding hydrogens is 423 g/mol. The van der Waals surface area contributed by atoms with Gasteiger partial charge in [0.05, 0.1) is 6.54 Å². The molecule has 30 heavy (non-hydrogen) atoms. The Morgan fingerprint density at radius 2 is 1.63 bits per heavy atom. The number of carbonyl (C=O) groups is 2. The van der Waals surface area contributed by atoms with Crippen LogP contribution in [0.4, 0.5) is 11.4 Å². The molecule has 168 valence electrons. The minimum Gasteiger partial charge on any atom is -0.326 e. The molecule has 2 heterocycles. The van der Waals surface area contributed by atoms with E-state index in [1.54, 1.807) is 0 Å². The highest BCUT2D eigenvalue weighted by Crippen LogP contribution is 2.58. The molecule has 6 nitrogen and oxygen atoms in total. The summed E-state index contributed by atoms with van der Waals surface area (Å²) in [6, 6.07) is 7.50. The molecule has 3 N–H and O–H groups in total. The fourth-order valence-corrected chi connectivity index (χ4v) is 4.80. The van der Waals surface area contributed by atoms with Gasteiger partial charge in [-0.25, -0.2) is 0 Å². The lowest BCUT2D eigenvalue weighted by atomic mass is 9.92. The monoisotopic (exact) mass is 456 g/mol. The molecular formula is C22H34Cl2N4O2. The van der Waals surface area contributed by atoms with Gasteiger partial charge in [0.15, 0.2) is 0 Å². The Morgan fingerprint density at radius 1 is 1.00 bits per heavy atom. The highest BCUT2D eigenvalue weighted by molar-refractivity contribution is 5.97. The SMILES string of the molecule is Cl.Cl.O=C(CN1CCCCCC1)Nc1cccc(NC(=O)C2CC23CCNCC3)c1. The van der Waals surface area contributed by atoms with Gasteiger partial charge in [-0.3, -0.25) is 14.5 Å². The number of nitrogens with one attached hydrogen (secondary N) is 3. The molecule has 2 amide bonds. The number of carbonyl (C=O) groups excluding carboxylic acids is 2. The Morgan fingerprint density at radius 3 is 2.30 bits per heavy atom. The van der Waals surface area contributed by atoms with E-state index in [-0.39, 0.29) is 48.0 Å². The van der Waals surface area contributed by atoms with Gasteiger partial charge in [0.2, 0.25) is 11.8 Å². The fraction of sp³-hybridized carbons (Fsp3) is 0.636. The molecule has 2 aliphatic heterocycles. The van der Waals surface area contributed by atoms with Gasteiger partial charge in [-0.1, -0.05) is 18.9 Å². The number of rotatable bonds is 5. The number of hydrogen-bond donors (Lipinski definition) is 3. The van der Waals surface area contributed by atoms with Gasteiger partial charge < -0.3 is 16.0 Å². The van der Waals surface area contributed by atoms with Crippen LogP contribution in [0, 0.1) is 11.3 Å². The van der Waals surface area contributed by atoms with Crippen LogP contribution in [-0.2, 0) is 9.59 Å². The van der Waals surface area contributed by atoms with Crippen LogP contribution in [0.15, 0.2) is 24.3 Å². The number of hydrogen-bond acceptors (Lipinski definition) is 4. The summed E-state index contributed by atoms with van der Waals surface area (Å²) in [6.07, 6.45) is 8.07. The van der Waals surface area contributed by atoms with E-state index in [0.717, 1.165) is 56.8 Å². The quantitative estimate of drug-likeness (QED) is 0.631. The Kier molecular flexibility index (Phi) is 9.41. The zero-order chi connectivity index (χ0) is 19.4. The first-order chi connectivity index (χ1) is 13.6. The topological polar surface area (TPSA) is 73.5 Å². The third kappa shape index (κ3) is 6.33. The lowest BCUT2D eigenvalue weighted by Crippen LogP contribution is -2.33. The maximum atomic E-state index is 12.7. The van der Waals surface area contributed by atoms with Crippen molar-refractivity contribution in [3.8, 4) is 0 Å². The van der Waals surface area contributed by atoms with Gasteiger partial charge >= 0.3 is 0 Å². The summed E-state index contributed by atoms with van der Waals surface area (Å²) in [5.74, 6) is 0.270. The van der Waals surface area contributed by atoms with E-state index in [4.69, 9.17) is 0 Å². The summed E-state index contributed by atoms with van der Waals surface area (Å²) in [6.45, 7) is 4.48. The van der Waals surface area contributed by atoms with Crippen molar-refractivity contribution in [2.24, 2.45) is 11.3 Å². The van der Waals surface area contributed by atoms with Gasteiger partial charge in [-0.2, -0.15) is 0 Å². The molecule has 1 aromatic carbocycles. The van der Waals surface area contributed by atoms with Crippen LogP contribution in [0.2, 0.25) is 0 Å². The highest BCUT2D eigenvalue weighted by atomic mass is 35.5. The van der Waals surface area contributed by atoms with E-state index in [2.05, 4.69) is 20.9 Å². The van der Waals surface area contributed by atoms with E-state index in [9.17, 15) is 9.59 Å². The lowest BCUT2D eigenvalue weighted by Gasteiger charge is -2.23. The van der Waals surface area contributed by atoms with E-state index >= 15 is 0 Å². The van der Waals surface area contributed by atoms with E-state index in [1.165, 1.54) is 25.7 Å². The summed E-state index contributed by atoms with van der Waals surface area (Å²) in [5, 5.41) is 9.41. The smallest absolute Gasteiger partial charge is 0.238 e. The van der Waals surface area contributed by atoms with Crippen LogP contribution >= 0.6 is 24.8 Å². The van der Waals surface area contributed by atoms with Gasteiger partial charge in [0, 0.05) is 17.3 Å². The summed E-state index contributed by atoms with van der Waals surface area (Å²) in [4.78, 5) is 27.3. The zero-order valence-electron chi connectivity index (χ0n) is 17.5. The summed E-state index contributed by atoms with van der Waals surface area (Å²) >= 11 is 0. The number of anilines is 2. The third-order valence-corrected chi connectivity index (χ3v) is 6.59. The summed E-state index contributed by atoms with van der Waals surface area (Å²) in [5.41, 5.74) is 1.73. The Labute approximate surface area is 191 Å². The molecule has 1 saturated carbocycles. The molecule has 8 heteroatoms. The zero-order valence-corrected chi connectivity index (χ0v) is 19.1. The fourth-order valence-electron chi connectivity index (χ4n) is 4.80. The third-order valence-electron chi connectivity index (χ3n) is 6.59. The Hall–Kier alpha value is -1.34. The van der Waals surface area contributed by atoms with Crippen LogP contribution in [0.1, 0.15) is 44.9 Å². The lowest BCUT2D eigenvalue weighted by molar-refractivity contribution is -0.118. The average Bonchev–Trinajstić information content (AvgIpc) is 3.43. The van der Waals surface area contributed by atoms with E-state index in [1.807, 2.05) is 24.3 Å². The van der Waals surface area contributed by atoms with Crippen LogP contribution < -0.4 is 16.0 Å². The molecule has 1 atom stereocenters. The molecule has 1 unspecified atom stereocenters. The average molecular weight is 457 g/mol. The van der Waals surface area contributed by atoms with Crippen LogP contribution in [0.25, 0.3) is 0 Å². The Balaban J connectivity index is 0.00000160. The molecule has 1 aliphatic carbocycles. The molecule has 4 rings (SSSR count). The molecule has 3 fully saturated rings. The maximum absolute atomic E-state index is 12.7. The summed E-state index contributed by atoms with van der Waals surface area (Å²) < 4.78 is 0. The molecule has 1 spiro atoms. The van der Waals surface area contributed by atoms with Crippen LogP contribution in [0.5, 0.6) is 0 Å². The van der Waals surface area contributed by atoms with Gasteiger partial charge in [-0.05, 0) is 81.9 Å². The van der Waals surface area contributed by atoms with Gasteiger partial charge in [-0.15, -0.1) is 24.8 Å². The number of piperidine rings is 1. The Bertz CT molecular complexity index is 717. The number of nitrogens with zero attached hydrogens (tertiary/aromatic N) is 1. The number of halogens is 2. The number of amides is 2. The standard InChI is InChI=1S/C22H32N4O2.2ClH/c27-20(16-26-12-3-1-2-4-13-26)24-17-6-5-7-18(14-17)25-21(28)19-15-22(19)8-10-23-11-9-22;;/h5-7,14,19,23H,1-4,8-13,15-16H2,(H,24,27)(H,25,28);2*1H. The second-order valence-corrected chi connectivity index (χ2v) is 8.68. The second-order valence-electron chi connectivity index (χ2n) is 8.68. The van der Waals surface area contributed by atoms with Gasteiger partial charge in [0.25, 0.3) is 0 Å². The van der Waals surface area contributed by atoms with Crippen LogP contribution in [-0.4, -0.2) is 49.4 Å². The van der Waals surface area contributed by atoms with Crippen molar-refractivity contribution in [1.29, 1.82) is 0 Å². The van der Waals surface area contributed by atoms with Crippen LogP contribution in [0.3, 0.4) is 0 Å². The molecule has 0 radical (unpaired) electrons. The normalized spacial score (nSPS) is 22.7. The largest absolute Gasteiger partial charge is 0.326 e. The molecule has 1 aromatic rings. The first kappa shape index (κ1) is 24.9. The second kappa shape index (κ2) is 11.3. The maximum Gasteiger partial charge on any atom is 0.238 e. The predicted octanol–water partition coefficient (Wildman–Crippen LogP) is 3.67.